The molecule has 1 N–H and O–H groups in total. The lowest BCUT2D eigenvalue weighted by Gasteiger charge is -2.02. The molecule has 0 saturated heterocycles. The predicted molar refractivity (Wildman–Crippen MR) is 87.7 cm³/mol. The van der Waals surface area contributed by atoms with Crippen molar-refractivity contribution in [1.82, 2.24) is 10.2 Å². The zero-order valence-electron chi connectivity index (χ0n) is 12.9. The van der Waals surface area contributed by atoms with E-state index in [0.29, 0.717) is 5.76 Å². The molecule has 2 heterocycles. The van der Waals surface area contributed by atoms with Gasteiger partial charge in [0, 0.05) is 6.08 Å². The molecule has 0 atom stereocenters. The van der Waals surface area contributed by atoms with Gasteiger partial charge in [0.2, 0.25) is 19.3 Å². The van der Waals surface area contributed by atoms with Crippen LogP contribution < -0.4 is 5.32 Å². The highest BCUT2D eigenvalue weighted by Crippen LogP contribution is 2.23. The van der Waals surface area contributed by atoms with Crippen molar-refractivity contribution < 1.29 is 17.6 Å². The van der Waals surface area contributed by atoms with Gasteiger partial charge in [0.05, 0.1) is 12.0 Å². The molecular formula is C14H14N4O4S2. The van der Waals surface area contributed by atoms with E-state index >= 15 is 0 Å². The molecule has 0 unspecified atom stereocenters. The van der Waals surface area contributed by atoms with Crippen LogP contribution in [-0.2, 0) is 14.6 Å². The Labute approximate surface area is 142 Å². The molecule has 0 aliphatic heterocycles. The number of hydrogen-bond donors (Lipinski definition) is 1. The van der Waals surface area contributed by atoms with Crippen LogP contribution in [0, 0.1) is 17.2 Å². The molecule has 0 aromatic carbocycles. The minimum atomic E-state index is -3.54. The molecule has 1 amide bonds. The summed E-state index contributed by atoms with van der Waals surface area (Å²) in [4.78, 5) is 12.1. The van der Waals surface area contributed by atoms with E-state index < -0.39 is 15.7 Å². The first-order chi connectivity index (χ1) is 11.3. The van der Waals surface area contributed by atoms with Crippen LogP contribution in [-0.4, -0.2) is 30.3 Å². The second-order valence-corrected chi connectivity index (χ2v) is 8.37. The summed E-state index contributed by atoms with van der Waals surface area (Å²) >= 11 is 0.744. The second kappa shape index (κ2) is 7.37. The largest absolute Gasteiger partial charge is 0.465 e. The van der Waals surface area contributed by atoms with Crippen molar-refractivity contribution in [1.29, 1.82) is 5.26 Å². The first-order valence-electron chi connectivity index (χ1n) is 6.84. The van der Waals surface area contributed by atoms with E-state index in [0.717, 1.165) is 11.3 Å². The third-order valence-electron chi connectivity index (χ3n) is 2.64. The fraction of sp³-hybridized carbons (Fsp3) is 0.286. The predicted octanol–water partition coefficient (Wildman–Crippen LogP) is 2.11. The second-order valence-electron chi connectivity index (χ2n) is 5.19. The van der Waals surface area contributed by atoms with Gasteiger partial charge in [-0.15, -0.1) is 10.2 Å². The standard InChI is InChI=1S/C14H14N4O4S2/c1-9(2)8-24(20,21)14-18-17-13(23-14)16-12(19)10(7-15)6-11-4-3-5-22-11/h3-6,9H,8H2,1-2H3,(H,16,17,19)/b10-6-. The zero-order valence-corrected chi connectivity index (χ0v) is 14.5. The van der Waals surface area contributed by atoms with Crippen LogP contribution in [0.25, 0.3) is 6.08 Å². The minimum absolute atomic E-state index is 0.00271. The molecule has 126 valence electrons. The number of nitrogens with one attached hydrogen (secondary N) is 1. The van der Waals surface area contributed by atoms with Gasteiger partial charge in [0.1, 0.15) is 17.4 Å². The minimum Gasteiger partial charge on any atom is -0.465 e. The molecule has 0 bridgehead atoms. The van der Waals surface area contributed by atoms with E-state index in [1.165, 1.54) is 12.3 Å². The number of furan rings is 1. The van der Waals surface area contributed by atoms with Crippen molar-refractivity contribution in [2.75, 3.05) is 11.1 Å². The van der Waals surface area contributed by atoms with Crippen molar-refractivity contribution in [3.63, 3.8) is 0 Å². The molecule has 0 aliphatic rings. The first-order valence-corrected chi connectivity index (χ1v) is 9.31. The van der Waals surface area contributed by atoms with E-state index in [9.17, 15) is 13.2 Å². The van der Waals surface area contributed by atoms with Crippen LogP contribution in [0.1, 0.15) is 19.6 Å². The highest BCUT2D eigenvalue weighted by atomic mass is 32.2. The number of hydrogen-bond acceptors (Lipinski definition) is 8. The summed E-state index contributed by atoms with van der Waals surface area (Å²) in [6.45, 7) is 3.56. The number of nitriles is 1. The van der Waals surface area contributed by atoms with Crippen LogP contribution in [0.3, 0.4) is 0 Å². The van der Waals surface area contributed by atoms with Crippen molar-refractivity contribution in [3.05, 3.63) is 29.7 Å². The number of anilines is 1. The van der Waals surface area contributed by atoms with Gasteiger partial charge in [-0.25, -0.2) is 8.42 Å². The average Bonchev–Trinajstić information content (AvgIpc) is 3.14. The topological polar surface area (TPSA) is 126 Å². The maximum absolute atomic E-state index is 12.1. The summed E-state index contributed by atoms with van der Waals surface area (Å²) in [6.07, 6.45) is 2.68. The van der Waals surface area contributed by atoms with E-state index in [2.05, 4.69) is 15.5 Å². The van der Waals surface area contributed by atoms with Gasteiger partial charge >= 0.3 is 0 Å². The quantitative estimate of drug-likeness (QED) is 0.471. The van der Waals surface area contributed by atoms with Crippen molar-refractivity contribution in [2.45, 2.75) is 18.2 Å². The summed E-state index contributed by atoms with van der Waals surface area (Å²) in [7, 11) is -3.54. The van der Waals surface area contributed by atoms with Crippen LogP contribution in [0.5, 0.6) is 0 Å². The number of sulfone groups is 1. The Morgan fingerprint density at radius 3 is 2.83 bits per heavy atom. The molecule has 0 spiro atoms. The number of rotatable bonds is 6. The monoisotopic (exact) mass is 366 g/mol. The number of carbonyl (C=O) groups is 1. The SMILES string of the molecule is CC(C)CS(=O)(=O)c1nnc(NC(=O)/C(C#N)=C\c2ccco2)s1. The smallest absolute Gasteiger partial charge is 0.268 e. The Hall–Kier alpha value is -2.51. The highest BCUT2D eigenvalue weighted by molar-refractivity contribution is 7.93. The number of nitrogens with zero attached hydrogens (tertiary/aromatic N) is 3. The normalized spacial score (nSPS) is 12.2. The van der Waals surface area contributed by atoms with Crippen molar-refractivity contribution in [3.8, 4) is 6.07 Å². The van der Waals surface area contributed by atoms with Crippen LogP contribution in [0.2, 0.25) is 0 Å². The number of amides is 1. The third kappa shape index (κ3) is 4.50. The van der Waals surface area contributed by atoms with Crippen molar-refractivity contribution in [2.24, 2.45) is 5.92 Å². The fourth-order valence-electron chi connectivity index (χ4n) is 1.72. The van der Waals surface area contributed by atoms with Gasteiger partial charge in [-0.3, -0.25) is 10.1 Å². The molecule has 2 aromatic heterocycles. The first kappa shape index (κ1) is 17.8. The summed E-state index contributed by atoms with van der Waals surface area (Å²) in [5.74, 6) is -0.493. The van der Waals surface area contributed by atoms with Gasteiger partial charge in [-0.05, 0) is 18.1 Å². The fourth-order valence-corrected chi connectivity index (χ4v) is 4.33. The van der Waals surface area contributed by atoms with E-state index in [1.54, 1.807) is 32.0 Å². The van der Waals surface area contributed by atoms with Gasteiger partial charge in [0.15, 0.2) is 0 Å². The Kier molecular flexibility index (Phi) is 5.48. The van der Waals surface area contributed by atoms with Gasteiger partial charge in [-0.2, -0.15) is 5.26 Å². The highest BCUT2D eigenvalue weighted by Gasteiger charge is 2.22. The Balaban J connectivity index is 2.14. The van der Waals surface area contributed by atoms with Crippen LogP contribution >= 0.6 is 11.3 Å². The zero-order chi connectivity index (χ0) is 17.7. The van der Waals surface area contributed by atoms with E-state index in [1.807, 2.05) is 0 Å². The average molecular weight is 366 g/mol. The maximum Gasteiger partial charge on any atom is 0.268 e. The Bertz CT molecular complexity index is 890. The van der Waals surface area contributed by atoms with Crippen LogP contribution in [0.15, 0.2) is 32.7 Å². The summed E-state index contributed by atoms with van der Waals surface area (Å²) < 4.78 is 29.0. The molecular weight excluding hydrogens is 352 g/mol. The van der Waals surface area contributed by atoms with Gasteiger partial charge < -0.3 is 4.42 Å². The molecule has 2 rings (SSSR count). The van der Waals surface area contributed by atoms with E-state index in [-0.39, 0.29) is 26.7 Å². The maximum atomic E-state index is 12.1. The summed E-state index contributed by atoms with van der Waals surface area (Å²) in [5, 5.41) is 18.7. The lowest BCUT2D eigenvalue weighted by molar-refractivity contribution is -0.112. The summed E-state index contributed by atoms with van der Waals surface area (Å²) in [6, 6.07) is 4.96. The Morgan fingerprint density at radius 2 is 2.25 bits per heavy atom. The summed E-state index contributed by atoms with van der Waals surface area (Å²) in [5.41, 5.74) is -0.202. The lowest BCUT2D eigenvalue weighted by Crippen LogP contribution is -2.13. The molecule has 0 saturated carbocycles. The van der Waals surface area contributed by atoms with Crippen LogP contribution in [0.4, 0.5) is 5.13 Å². The number of aromatic nitrogens is 2. The molecule has 2 aromatic rings. The number of carbonyl (C=O) groups excluding carboxylic acids is 1. The molecule has 24 heavy (non-hydrogen) atoms. The van der Waals surface area contributed by atoms with Crippen molar-refractivity contribution >= 4 is 38.3 Å². The molecule has 0 aliphatic carbocycles. The van der Waals surface area contributed by atoms with Gasteiger partial charge in [0.25, 0.3) is 5.91 Å². The molecule has 0 fully saturated rings. The van der Waals surface area contributed by atoms with E-state index in [4.69, 9.17) is 9.68 Å². The molecule has 8 nitrogen and oxygen atoms in total. The Morgan fingerprint density at radius 1 is 1.50 bits per heavy atom. The lowest BCUT2D eigenvalue weighted by atomic mass is 10.2. The van der Waals surface area contributed by atoms with Gasteiger partial charge in [-0.1, -0.05) is 25.2 Å². The molecule has 0 radical (unpaired) electrons. The molecule has 10 heteroatoms. The third-order valence-corrected chi connectivity index (χ3v) is 6.00.